The molecule has 0 heterocycles. The molecule has 4 aliphatic carbocycles. The second-order valence-electron chi connectivity index (χ2n) is 14.4. The van der Waals surface area contributed by atoms with E-state index in [2.05, 4.69) is 154 Å². The van der Waals surface area contributed by atoms with Crippen LogP contribution in [0.3, 0.4) is 0 Å². The second-order valence-corrected chi connectivity index (χ2v) is 19.1. The van der Waals surface area contributed by atoms with Crippen molar-refractivity contribution < 1.29 is 29.4 Å². The number of Topliss-reactive ketones (excluding diaryl/α,β-unsaturated/α-hetero) is 1. The monoisotopic (exact) mass is 747 g/mol. The van der Waals surface area contributed by atoms with Gasteiger partial charge in [0.15, 0.2) is 0 Å². The zero-order valence-electron chi connectivity index (χ0n) is 27.6. The van der Waals surface area contributed by atoms with Gasteiger partial charge in [-0.05, 0) is 79.5 Å². The van der Waals surface area contributed by atoms with Crippen LogP contribution in [0.1, 0.15) is 40.0 Å². The molecular weight excluding hydrogens is 701 g/mol. The van der Waals surface area contributed by atoms with Gasteiger partial charge in [-0.15, -0.1) is 0 Å². The molecule has 2 nitrogen and oxygen atoms in total. The first-order valence-corrected chi connectivity index (χ1v) is 19.8. The molecule has 7 atom stereocenters. The van der Waals surface area contributed by atoms with Gasteiger partial charge in [-0.1, -0.05) is 154 Å². The largest absolute Gasteiger partial charge is 0.396 e. The number of carbonyl (C=O) groups excluding carboxylic acids is 1. The Bertz CT molecular complexity index is 1490. The fourth-order valence-corrected chi connectivity index (χ4v) is 16.3. The molecule has 47 heavy (non-hydrogen) atoms. The van der Waals surface area contributed by atoms with Crippen LogP contribution in [0, 0.1) is 34.5 Å². The second kappa shape index (κ2) is 14.3. The number of fused-ring (bicyclic) bond motifs is 4. The summed E-state index contributed by atoms with van der Waals surface area (Å²) in [5.41, 5.74) is 1.25. The van der Waals surface area contributed by atoms with E-state index in [1.165, 1.54) is 27.6 Å². The van der Waals surface area contributed by atoms with E-state index in [-0.39, 0.29) is 42.8 Å². The van der Waals surface area contributed by atoms with Crippen LogP contribution >= 0.6 is 15.8 Å². The minimum atomic E-state index is -0.454. The third kappa shape index (κ3) is 6.10. The van der Waals surface area contributed by atoms with Gasteiger partial charge < -0.3 is 5.11 Å². The predicted octanol–water partition coefficient (Wildman–Crippen LogP) is 7.81. The summed E-state index contributed by atoms with van der Waals surface area (Å²) in [6, 6.07) is 45.4. The van der Waals surface area contributed by atoms with E-state index in [9.17, 15) is 9.90 Å². The van der Waals surface area contributed by atoms with Crippen molar-refractivity contribution in [3.63, 3.8) is 0 Å². The summed E-state index contributed by atoms with van der Waals surface area (Å²) in [4.78, 5) is 12.0. The Labute approximate surface area is 296 Å². The van der Waals surface area contributed by atoms with Gasteiger partial charge in [0.25, 0.3) is 0 Å². The van der Waals surface area contributed by atoms with Gasteiger partial charge in [0, 0.05) is 42.1 Å². The Morgan fingerprint density at radius 1 is 0.638 bits per heavy atom. The predicted molar refractivity (Wildman–Crippen MR) is 197 cm³/mol. The van der Waals surface area contributed by atoms with Crippen molar-refractivity contribution in [2.75, 3.05) is 6.61 Å². The smallest absolute Gasteiger partial charge is 0.144 e. The van der Waals surface area contributed by atoms with Crippen molar-refractivity contribution in [2.45, 2.75) is 51.4 Å². The molecular formula is C42H46O2P2Rh. The Hall–Kier alpha value is -2.27. The molecule has 5 heteroatoms. The van der Waals surface area contributed by atoms with Crippen molar-refractivity contribution in [3.05, 3.63) is 133 Å². The van der Waals surface area contributed by atoms with Gasteiger partial charge in [-0.3, -0.25) is 4.79 Å². The van der Waals surface area contributed by atoms with E-state index in [1.807, 2.05) is 0 Å². The molecule has 245 valence electrons. The minimum absolute atomic E-state index is 0. The van der Waals surface area contributed by atoms with E-state index in [0.717, 1.165) is 12.8 Å². The molecule has 0 amide bonds. The number of hydrogen-bond donors (Lipinski definition) is 1. The van der Waals surface area contributed by atoms with Gasteiger partial charge in [-0.25, -0.2) is 0 Å². The van der Waals surface area contributed by atoms with Crippen molar-refractivity contribution in [1.82, 2.24) is 0 Å². The number of ketones is 1. The topological polar surface area (TPSA) is 37.3 Å². The standard InChI is InChI=1S/C31H28P2.C11H18O2.Rh/c1-5-13-26(14-6-1)32(27-15-7-2-8-16-27)30-24-21-22-25(23-24)31(30)33(28-17-9-3-10-18-28)29-19-11-4-12-20-29;1-10(2)8-4-5-11(10,3)9(13)7(8)6-12;/h1-22,24-25,30-31H,23H2;7-8,12H,4-6H2,1-3H3;/t24-,25+,30-,31-;7-,8+,11-;/m11./s1. The zero-order chi connectivity index (χ0) is 31.9. The molecule has 4 aromatic carbocycles. The van der Waals surface area contributed by atoms with Crippen LogP contribution in [-0.2, 0) is 24.3 Å². The SMILES string of the molecule is C1=C[C@H]2C[C@@H]1[C@@H](P(c1ccccc1)c1ccccc1)[C@@H]2P(c1ccccc1)c1ccccc1.CC1(C)[C@H]2CC[C@]1(C)C(=O)[C@@H]2CO.[Rh]. The number of carbonyl (C=O) groups is 1. The summed E-state index contributed by atoms with van der Waals surface area (Å²) in [5.74, 6) is 1.98. The molecule has 1 N–H and O–H groups in total. The summed E-state index contributed by atoms with van der Waals surface area (Å²) in [5, 5.41) is 15.3. The Balaban J connectivity index is 0.000000232. The maximum Gasteiger partial charge on any atom is 0.144 e. The molecule has 0 saturated heterocycles. The molecule has 4 aromatic rings. The van der Waals surface area contributed by atoms with E-state index in [4.69, 9.17) is 0 Å². The van der Waals surface area contributed by atoms with Crippen LogP contribution in [0.4, 0.5) is 0 Å². The average molecular weight is 748 g/mol. The van der Waals surface area contributed by atoms with Gasteiger partial charge in [0.05, 0.1) is 6.61 Å². The number of rotatable bonds is 7. The number of allylic oxidation sites excluding steroid dienone is 2. The number of hydrogen-bond acceptors (Lipinski definition) is 2. The minimum Gasteiger partial charge on any atom is -0.396 e. The zero-order valence-corrected chi connectivity index (χ0v) is 31.0. The van der Waals surface area contributed by atoms with Crippen LogP contribution < -0.4 is 21.2 Å². The summed E-state index contributed by atoms with van der Waals surface area (Å²) >= 11 is 0. The molecule has 4 bridgehead atoms. The van der Waals surface area contributed by atoms with Gasteiger partial charge in [0.2, 0.25) is 0 Å². The molecule has 0 spiro atoms. The van der Waals surface area contributed by atoms with Crippen LogP contribution in [-0.4, -0.2) is 28.8 Å². The van der Waals surface area contributed by atoms with E-state index in [1.54, 1.807) is 0 Å². The molecule has 1 radical (unpaired) electrons. The molecule has 0 aliphatic heterocycles. The van der Waals surface area contributed by atoms with Crippen molar-refractivity contribution >= 4 is 42.8 Å². The van der Waals surface area contributed by atoms with Crippen molar-refractivity contribution in [1.29, 1.82) is 0 Å². The Morgan fingerprint density at radius 2 is 1.00 bits per heavy atom. The van der Waals surface area contributed by atoms with Crippen molar-refractivity contribution in [3.8, 4) is 0 Å². The molecule has 3 fully saturated rings. The normalized spacial score (nSPS) is 29.5. The summed E-state index contributed by atoms with van der Waals surface area (Å²) in [7, 11) is -0.909. The van der Waals surface area contributed by atoms with E-state index in [0.29, 0.717) is 34.9 Å². The van der Waals surface area contributed by atoms with Crippen LogP contribution in [0.25, 0.3) is 0 Å². The molecule has 4 aliphatic rings. The van der Waals surface area contributed by atoms with Crippen molar-refractivity contribution in [2.24, 2.45) is 34.5 Å². The van der Waals surface area contributed by atoms with Gasteiger partial charge in [0.1, 0.15) is 5.78 Å². The third-order valence-electron chi connectivity index (χ3n) is 12.0. The van der Waals surface area contributed by atoms with Crippen LogP contribution in [0.5, 0.6) is 0 Å². The number of aliphatic hydroxyl groups excluding tert-OH is 1. The summed E-state index contributed by atoms with van der Waals surface area (Å²) in [6.07, 6.45) is 8.54. The van der Waals surface area contributed by atoms with Crippen LogP contribution in [0.15, 0.2) is 133 Å². The summed E-state index contributed by atoms with van der Waals surface area (Å²) in [6.45, 7) is 6.48. The van der Waals surface area contributed by atoms with Gasteiger partial charge in [-0.2, -0.15) is 0 Å². The number of benzene rings is 4. The third-order valence-corrected chi connectivity index (χ3v) is 18.2. The molecule has 8 rings (SSSR count). The fraction of sp³-hybridized carbons (Fsp3) is 0.357. The van der Waals surface area contributed by atoms with E-state index < -0.39 is 15.8 Å². The Kier molecular flexibility index (Phi) is 10.5. The van der Waals surface area contributed by atoms with E-state index >= 15 is 0 Å². The molecule has 0 aromatic heterocycles. The number of aliphatic hydroxyl groups is 1. The fourth-order valence-electron chi connectivity index (χ4n) is 9.28. The quantitative estimate of drug-likeness (QED) is 0.119. The van der Waals surface area contributed by atoms with Gasteiger partial charge >= 0.3 is 0 Å². The maximum absolute atomic E-state index is 12.0. The molecule has 0 unspecified atom stereocenters. The Morgan fingerprint density at radius 3 is 1.28 bits per heavy atom. The molecule has 3 saturated carbocycles. The van der Waals surface area contributed by atoms with Crippen LogP contribution in [0.2, 0.25) is 0 Å². The first kappa shape index (κ1) is 34.6. The first-order valence-electron chi connectivity index (χ1n) is 17.0. The first-order chi connectivity index (χ1) is 22.3. The maximum atomic E-state index is 12.0. The average Bonchev–Trinajstić information content (AvgIpc) is 3.80. The summed E-state index contributed by atoms with van der Waals surface area (Å²) < 4.78 is 0.